The Morgan fingerprint density at radius 2 is 1.67 bits per heavy atom. The van der Waals surface area contributed by atoms with Crippen LogP contribution in [0.1, 0.15) is 29.7 Å². The van der Waals surface area contributed by atoms with Gasteiger partial charge < -0.3 is 5.32 Å². The molecule has 1 atom stereocenters. The monoisotopic (exact) mass is 163 g/mol. The van der Waals surface area contributed by atoms with Gasteiger partial charge in [0.1, 0.15) is 0 Å². The maximum Gasteiger partial charge on any atom is 0.0294 e. The Kier molecular flexibility index (Phi) is 2.88. The summed E-state index contributed by atoms with van der Waals surface area (Å²) in [5.74, 6) is 0. The number of nitrogens with one attached hydrogen (secondary N) is 1. The van der Waals surface area contributed by atoms with E-state index < -0.39 is 0 Å². The SMILES string of the molecule is CNC(C)c1c(C)cccc1C. The van der Waals surface area contributed by atoms with E-state index in [-0.39, 0.29) is 0 Å². The van der Waals surface area contributed by atoms with E-state index in [1.807, 2.05) is 7.05 Å². The fourth-order valence-electron chi connectivity index (χ4n) is 1.65. The van der Waals surface area contributed by atoms with Crippen LogP contribution < -0.4 is 5.32 Å². The molecule has 12 heavy (non-hydrogen) atoms. The van der Waals surface area contributed by atoms with E-state index in [0.29, 0.717) is 6.04 Å². The van der Waals surface area contributed by atoms with Gasteiger partial charge >= 0.3 is 0 Å². The van der Waals surface area contributed by atoms with Gasteiger partial charge in [0.2, 0.25) is 0 Å². The number of benzene rings is 1. The molecule has 0 heterocycles. The van der Waals surface area contributed by atoms with Gasteiger partial charge in [0.05, 0.1) is 0 Å². The van der Waals surface area contributed by atoms with Gasteiger partial charge in [-0.1, -0.05) is 18.2 Å². The van der Waals surface area contributed by atoms with E-state index in [4.69, 9.17) is 0 Å². The highest BCUT2D eigenvalue weighted by Crippen LogP contribution is 2.20. The Balaban J connectivity index is 3.12. The first-order chi connectivity index (χ1) is 5.66. The smallest absolute Gasteiger partial charge is 0.0294 e. The molecule has 0 spiro atoms. The third-order valence-corrected chi connectivity index (χ3v) is 2.41. The minimum Gasteiger partial charge on any atom is -0.313 e. The summed E-state index contributed by atoms with van der Waals surface area (Å²) in [5, 5.41) is 3.26. The van der Waals surface area contributed by atoms with Crippen molar-refractivity contribution in [1.29, 1.82) is 0 Å². The lowest BCUT2D eigenvalue weighted by molar-refractivity contribution is 0.644. The molecule has 1 aromatic rings. The van der Waals surface area contributed by atoms with Gasteiger partial charge in [-0.15, -0.1) is 0 Å². The predicted octanol–water partition coefficient (Wildman–Crippen LogP) is 2.58. The molecule has 0 saturated heterocycles. The standard InChI is InChI=1S/C11H17N/c1-8-6-5-7-9(2)11(8)10(3)12-4/h5-7,10,12H,1-4H3. The Hall–Kier alpha value is -0.820. The lowest BCUT2D eigenvalue weighted by atomic mass is 9.97. The van der Waals surface area contributed by atoms with Gasteiger partial charge in [-0.2, -0.15) is 0 Å². The molecule has 1 aromatic carbocycles. The molecule has 1 unspecified atom stereocenters. The van der Waals surface area contributed by atoms with E-state index >= 15 is 0 Å². The molecule has 0 saturated carbocycles. The Bertz CT molecular complexity index is 245. The highest BCUT2D eigenvalue weighted by Gasteiger charge is 2.07. The van der Waals surface area contributed by atoms with E-state index in [1.165, 1.54) is 16.7 Å². The average Bonchev–Trinajstić information content (AvgIpc) is 2.03. The van der Waals surface area contributed by atoms with E-state index in [1.54, 1.807) is 0 Å². The second-order valence-electron chi connectivity index (χ2n) is 3.32. The zero-order chi connectivity index (χ0) is 9.14. The molecule has 0 aromatic heterocycles. The molecule has 1 rings (SSSR count). The second-order valence-corrected chi connectivity index (χ2v) is 3.32. The molecule has 0 aliphatic carbocycles. The summed E-state index contributed by atoms with van der Waals surface area (Å²) in [7, 11) is 2.00. The quantitative estimate of drug-likeness (QED) is 0.706. The molecule has 1 heteroatoms. The normalized spacial score (nSPS) is 13.0. The highest BCUT2D eigenvalue weighted by molar-refractivity contribution is 5.35. The summed E-state index contributed by atoms with van der Waals surface area (Å²) in [5.41, 5.74) is 4.17. The van der Waals surface area contributed by atoms with Crippen LogP contribution in [0, 0.1) is 13.8 Å². The first kappa shape index (κ1) is 9.27. The molecule has 66 valence electrons. The zero-order valence-electron chi connectivity index (χ0n) is 8.31. The van der Waals surface area contributed by atoms with Gasteiger partial charge in [0.25, 0.3) is 0 Å². The Morgan fingerprint density at radius 3 is 2.08 bits per heavy atom. The largest absolute Gasteiger partial charge is 0.313 e. The molecular weight excluding hydrogens is 146 g/mol. The molecule has 0 aliphatic rings. The fraction of sp³-hybridized carbons (Fsp3) is 0.455. The zero-order valence-corrected chi connectivity index (χ0v) is 8.31. The van der Waals surface area contributed by atoms with Crippen LogP contribution in [0.2, 0.25) is 0 Å². The maximum atomic E-state index is 3.26. The van der Waals surface area contributed by atoms with Crippen LogP contribution >= 0.6 is 0 Å². The number of aryl methyl sites for hydroxylation is 2. The second kappa shape index (κ2) is 3.72. The molecule has 0 amide bonds. The first-order valence-electron chi connectivity index (χ1n) is 4.40. The molecule has 0 aliphatic heterocycles. The molecule has 1 N–H and O–H groups in total. The van der Waals surface area contributed by atoms with Crippen molar-refractivity contribution >= 4 is 0 Å². The minimum absolute atomic E-state index is 0.450. The van der Waals surface area contributed by atoms with Crippen molar-refractivity contribution in [3.05, 3.63) is 34.9 Å². The Labute approximate surface area is 74.8 Å². The summed E-state index contributed by atoms with van der Waals surface area (Å²) < 4.78 is 0. The maximum absolute atomic E-state index is 3.26. The van der Waals surface area contributed by atoms with Gasteiger partial charge in [-0.05, 0) is 44.5 Å². The van der Waals surface area contributed by atoms with E-state index in [2.05, 4.69) is 44.3 Å². The fourth-order valence-corrected chi connectivity index (χ4v) is 1.65. The topological polar surface area (TPSA) is 12.0 Å². The minimum atomic E-state index is 0.450. The van der Waals surface area contributed by atoms with Crippen molar-refractivity contribution in [1.82, 2.24) is 5.32 Å². The van der Waals surface area contributed by atoms with E-state index in [9.17, 15) is 0 Å². The summed E-state index contributed by atoms with van der Waals surface area (Å²) >= 11 is 0. The number of rotatable bonds is 2. The summed E-state index contributed by atoms with van der Waals surface area (Å²) in [6, 6.07) is 6.88. The molecular formula is C11H17N. The lowest BCUT2D eigenvalue weighted by Crippen LogP contribution is -2.14. The van der Waals surface area contributed by atoms with Crippen LogP contribution in [0.25, 0.3) is 0 Å². The third kappa shape index (κ3) is 1.67. The highest BCUT2D eigenvalue weighted by atomic mass is 14.9. The van der Waals surface area contributed by atoms with Crippen molar-refractivity contribution < 1.29 is 0 Å². The number of hydrogen-bond acceptors (Lipinski definition) is 1. The summed E-state index contributed by atoms with van der Waals surface area (Å²) in [6.45, 7) is 6.52. The lowest BCUT2D eigenvalue weighted by Gasteiger charge is -2.16. The van der Waals surface area contributed by atoms with Crippen molar-refractivity contribution in [3.8, 4) is 0 Å². The third-order valence-electron chi connectivity index (χ3n) is 2.41. The average molecular weight is 163 g/mol. The van der Waals surface area contributed by atoms with Crippen LogP contribution in [-0.4, -0.2) is 7.05 Å². The summed E-state index contributed by atoms with van der Waals surface area (Å²) in [6.07, 6.45) is 0. The van der Waals surface area contributed by atoms with Crippen LogP contribution in [0.4, 0.5) is 0 Å². The first-order valence-corrected chi connectivity index (χ1v) is 4.40. The van der Waals surface area contributed by atoms with Crippen LogP contribution in [0.5, 0.6) is 0 Å². The van der Waals surface area contributed by atoms with Crippen LogP contribution in [0.15, 0.2) is 18.2 Å². The molecule has 1 nitrogen and oxygen atoms in total. The Morgan fingerprint density at radius 1 is 1.17 bits per heavy atom. The van der Waals surface area contributed by atoms with Crippen LogP contribution in [-0.2, 0) is 0 Å². The number of hydrogen-bond donors (Lipinski definition) is 1. The van der Waals surface area contributed by atoms with Crippen molar-refractivity contribution in [2.45, 2.75) is 26.8 Å². The van der Waals surface area contributed by atoms with Gasteiger partial charge in [-0.3, -0.25) is 0 Å². The van der Waals surface area contributed by atoms with Gasteiger partial charge in [-0.25, -0.2) is 0 Å². The molecule has 0 radical (unpaired) electrons. The van der Waals surface area contributed by atoms with Crippen molar-refractivity contribution in [3.63, 3.8) is 0 Å². The van der Waals surface area contributed by atoms with Crippen molar-refractivity contribution in [2.24, 2.45) is 0 Å². The van der Waals surface area contributed by atoms with Gasteiger partial charge in [0.15, 0.2) is 0 Å². The van der Waals surface area contributed by atoms with Crippen LogP contribution in [0.3, 0.4) is 0 Å². The predicted molar refractivity (Wildman–Crippen MR) is 53.4 cm³/mol. The van der Waals surface area contributed by atoms with Gasteiger partial charge in [0, 0.05) is 6.04 Å². The summed E-state index contributed by atoms with van der Waals surface area (Å²) in [4.78, 5) is 0. The van der Waals surface area contributed by atoms with E-state index in [0.717, 1.165) is 0 Å². The molecule has 0 bridgehead atoms. The van der Waals surface area contributed by atoms with Crippen molar-refractivity contribution in [2.75, 3.05) is 7.05 Å². The molecule has 0 fully saturated rings.